The number of nitrogens with zero attached hydrogens (tertiary/aromatic N) is 3. The van der Waals surface area contributed by atoms with Crippen molar-refractivity contribution in [2.45, 2.75) is 25.1 Å². The second-order valence-electron chi connectivity index (χ2n) is 5.08. The second-order valence-corrected chi connectivity index (χ2v) is 7.28. The van der Waals surface area contributed by atoms with Gasteiger partial charge in [0.05, 0.1) is 12.1 Å². The van der Waals surface area contributed by atoms with Crippen LogP contribution in [0.1, 0.15) is 22.9 Å². The highest BCUT2D eigenvalue weighted by molar-refractivity contribution is 7.10. The number of aliphatic hydroxyl groups is 1. The Morgan fingerprint density at radius 1 is 1.38 bits per heavy atom. The monoisotopic (exact) mass is 363 g/mol. The van der Waals surface area contributed by atoms with E-state index in [1.807, 2.05) is 18.0 Å². The summed E-state index contributed by atoms with van der Waals surface area (Å²) >= 11 is 19.5. The molecular weight excluding hydrogens is 353 g/mol. The standard InChI is InChI=1S/C13H12Cl3N3OS/c1-19(5-10-13(16)21-18-17-10)12-8-2-6(14)3-9(15)7(8)4-11(12)20/h2-3,11-12,20H,4-5H2,1H3/t11-,12+/m1/s1. The van der Waals surface area contributed by atoms with E-state index in [0.29, 0.717) is 33.0 Å². The zero-order chi connectivity index (χ0) is 15.1. The summed E-state index contributed by atoms with van der Waals surface area (Å²) in [5.74, 6) is 0. The highest BCUT2D eigenvalue weighted by atomic mass is 35.5. The van der Waals surface area contributed by atoms with E-state index in [0.717, 1.165) is 22.7 Å². The van der Waals surface area contributed by atoms with Crippen molar-refractivity contribution in [1.29, 1.82) is 0 Å². The van der Waals surface area contributed by atoms with Gasteiger partial charge >= 0.3 is 0 Å². The van der Waals surface area contributed by atoms with Crippen LogP contribution in [-0.4, -0.2) is 32.7 Å². The molecule has 1 heterocycles. The van der Waals surface area contributed by atoms with Crippen LogP contribution in [0.4, 0.5) is 0 Å². The Kier molecular flexibility index (Phi) is 4.41. The van der Waals surface area contributed by atoms with Crippen LogP contribution in [0.15, 0.2) is 12.1 Å². The molecule has 4 nitrogen and oxygen atoms in total. The molecule has 0 fully saturated rings. The van der Waals surface area contributed by atoms with Gasteiger partial charge in [0, 0.05) is 34.5 Å². The Morgan fingerprint density at radius 3 is 2.81 bits per heavy atom. The van der Waals surface area contributed by atoms with Crippen molar-refractivity contribution in [3.63, 3.8) is 0 Å². The lowest BCUT2D eigenvalue weighted by atomic mass is 10.1. The van der Waals surface area contributed by atoms with E-state index in [1.54, 1.807) is 6.07 Å². The summed E-state index contributed by atoms with van der Waals surface area (Å²) in [5.41, 5.74) is 2.62. The number of rotatable bonds is 3. The summed E-state index contributed by atoms with van der Waals surface area (Å²) in [6.45, 7) is 0.501. The number of likely N-dealkylation sites (N-methyl/N-ethyl adjacent to an activating group) is 1. The van der Waals surface area contributed by atoms with E-state index < -0.39 is 6.10 Å². The first-order chi connectivity index (χ1) is 9.97. The average molecular weight is 365 g/mol. The van der Waals surface area contributed by atoms with E-state index >= 15 is 0 Å². The maximum atomic E-state index is 10.4. The number of aliphatic hydroxyl groups excluding tert-OH is 1. The van der Waals surface area contributed by atoms with E-state index in [2.05, 4.69) is 9.59 Å². The van der Waals surface area contributed by atoms with Gasteiger partial charge in [-0.05, 0) is 30.3 Å². The van der Waals surface area contributed by atoms with Crippen molar-refractivity contribution in [3.05, 3.63) is 43.3 Å². The number of halogens is 3. The largest absolute Gasteiger partial charge is 0.391 e. The van der Waals surface area contributed by atoms with Crippen molar-refractivity contribution >= 4 is 46.3 Å². The zero-order valence-corrected chi connectivity index (χ0v) is 14.1. The van der Waals surface area contributed by atoms with Gasteiger partial charge in [0.2, 0.25) is 0 Å². The minimum absolute atomic E-state index is 0.186. The van der Waals surface area contributed by atoms with Crippen molar-refractivity contribution in [2.75, 3.05) is 7.05 Å². The smallest absolute Gasteiger partial charge is 0.138 e. The SMILES string of the molecule is CN(Cc1nnsc1Cl)[C@H]1c2cc(Cl)cc(Cl)c2C[C@H]1O. The van der Waals surface area contributed by atoms with Crippen LogP contribution in [0.5, 0.6) is 0 Å². The van der Waals surface area contributed by atoms with Gasteiger partial charge in [0.25, 0.3) is 0 Å². The lowest BCUT2D eigenvalue weighted by Gasteiger charge is -2.27. The molecule has 1 aliphatic carbocycles. The Balaban J connectivity index is 1.91. The van der Waals surface area contributed by atoms with Gasteiger partial charge in [-0.1, -0.05) is 39.3 Å². The number of fused-ring (bicyclic) bond motifs is 1. The summed E-state index contributed by atoms with van der Waals surface area (Å²) in [6, 6.07) is 3.38. The fourth-order valence-electron chi connectivity index (χ4n) is 2.79. The Morgan fingerprint density at radius 2 is 2.14 bits per heavy atom. The highest BCUT2D eigenvalue weighted by Crippen LogP contribution is 2.41. The summed E-state index contributed by atoms with van der Waals surface area (Å²) in [5, 5.41) is 15.6. The minimum Gasteiger partial charge on any atom is -0.391 e. The molecule has 8 heteroatoms. The number of aromatic nitrogens is 2. The van der Waals surface area contributed by atoms with Crippen LogP contribution < -0.4 is 0 Å². The quantitative estimate of drug-likeness (QED) is 0.904. The molecule has 0 spiro atoms. The molecule has 0 amide bonds. The van der Waals surface area contributed by atoms with E-state index in [9.17, 15) is 5.11 Å². The van der Waals surface area contributed by atoms with Gasteiger partial charge in [0.1, 0.15) is 10.0 Å². The predicted octanol–water partition coefficient (Wildman–Crippen LogP) is 3.59. The molecular formula is C13H12Cl3N3OS. The third-order valence-electron chi connectivity index (χ3n) is 3.67. The van der Waals surface area contributed by atoms with E-state index in [4.69, 9.17) is 34.8 Å². The molecule has 0 saturated carbocycles. The summed E-state index contributed by atoms with van der Waals surface area (Å²) in [4.78, 5) is 1.99. The van der Waals surface area contributed by atoms with Crippen LogP contribution in [0.3, 0.4) is 0 Å². The third kappa shape index (κ3) is 2.91. The lowest BCUT2D eigenvalue weighted by molar-refractivity contribution is 0.0718. The summed E-state index contributed by atoms with van der Waals surface area (Å²) in [6.07, 6.45) is -0.0185. The maximum absolute atomic E-state index is 10.4. The molecule has 1 aromatic heterocycles. The first kappa shape index (κ1) is 15.5. The minimum atomic E-state index is -0.536. The van der Waals surface area contributed by atoms with Crippen molar-refractivity contribution < 1.29 is 5.11 Å². The molecule has 3 rings (SSSR count). The first-order valence-corrected chi connectivity index (χ1v) is 8.21. The van der Waals surface area contributed by atoms with Crippen molar-refractivity contribution in [3.8, 4) is 0 Å². The zero-order valence-electron chi connectivity index (χ0n) is 11.1. The first-order valence-electron chi connectivity index (χ1n) is 6.30. The van der Waals surface area contributed by atoms with Crippen LogP contribution in [0, 0.1) is 0 Å². The normalized spacial score (nSPS) is 21.0. The lowest BCUT2D eigenvalue weighted by Crippen LogP contribution is -2.30. The highest BCUT2D eigenvalue weighted by Gasteiger charge is 2.36. The van der Waals surface area contributed by atoms with Crippen molar-refractivity contribution in [1.82, 2.24) is 14.5 Å². The number of benzene rings is 1. The molecule has 0 radical (unpaired) electrons. The molecule has 2 aromatic rings. The third-order valence-corrected chi connectivity index (χ3v) is 5.21. The molecule has 21 heavy (non-hydrogen) atoms. The fourth-order valence-corrected chi connectivity index (χ4v) is 3.99. The van der Waals surface area contributed by atoms with Crippen LogP contribution in [-0.2, 0) is 13.0 Å². The maximum Gasteiger partial charge on any atom is 0.138 e. The van der Waals surface area contributed by atoms with Gasteiger partial charge in [0.15, 0.2) is 0 Å². The molecule has 112 valence electrons. The molecule has 0 unspecified atom stereocenters. The van der Waals surface area contributed by atoms with Gasteiger partial charge in [-0.25, -0.2) is 0 Å². The van der Waals surface area contributed by atoms with Gasteiger partial charge in [-0.2, -0.15) is 0 Å². The number of hydrogen-bond donors (Lipinski definition) is 1. The van der Waals surface area contributed by atoms with Gasteiger partial charge < -0.3 is 5.11 Å². The predicted molar refractivity (Wildman–Crippen MR) is 85.3 cm³/mol. The Hall–Kier alpha value is -0.430. The average Bonchev–Trinajstić information content (AvgIpc) is 2.93. The molecule has 2 atom stereocenters. The molecule has 1 aromatic carbocycles. The van der Waals surface area contributed by atoms with Crippen molar-refractivity contribution in [2.24, 2.45) is 0 Å². The molecule has 0 bridgehead atoms. The number of hydrogen-bond acceptors (Lipinski definition) is 5. The Labute approximate surface area is 141 Å². The second kappa shape index (κ2) is 5.99. The van der Waals surface area contributed by atoms with Crippen LogP contribution in [0.25, 0.3) is 0 Å². The summed E-state index contributed by atoms with van der Waals surface area (Å²) < 4.78 is 4.39. The molecule has 0 saturated heterocycles. The van der Waals surface area contributed by atoms with E-state index in [1.165, 1.54) is 0 Å². The van der Waals surface area contributed by atoms with Gasteiger partial charge in [-0.3, -0.25) is 4.90 Å². The molecule has 1 N–H and O–H groups in total. The van der Waals surface area contributed by atoms with Crippen LogP contribution >= 0.6 is 46.3 Å². The van der Waals surface area contributed by atoms with E-state index in [-0.39, 0.29) is 6.04 Å². The molecule has 1 aliphatic rings. The van der Waals surface area contributed by atoms with Crippen LogP contribution in [0.2, 0.25) is 14.4 Å². The van der Waals surface area contributed by atoms with Gasteiger partial charge in [-0.15, -0.1) is 5.10 Å². The fraction of sp³-hybridized carbons (Fsp3) is 0.385. The molecule has 0 aliphatic heterocycles. The summed E-state index contributed by atoms with van der Waals surface area (Å²) in [7, 11) is 1.91. The Bertz CT molecular complexity index is 679. The topological polar surface area (TPSA) is 49.2 Å².